The molecule has 1 fully saturated rings. The molecule has 1 saturated carbocycles. The van der Waals surface area contributed by atoms with Crippen molar-refractivity contribution in [2.45, 2.75) is 24.3 Å². The van der Waals surface area contributed by atoms with Crippen LogP contribution < -0.4 is 5.32 Å². The summed E-state index contributed by atoms with van der Waals surface area (Å²) in [5.41, 5.74) is -0.323. The van der Waals surface area contributed by atoms with Gasteiger partial charge in [-0.1, -0.05) is 0 Å². The summed E-state index contributed by atoms with van der Waals surface area (Å²) in [6.07, 6.45) is 3.22. The largest absolute Gasteiger partial charge is 0.463 e. The third-order valence-corrected chi connectivity index (χ3v) is 3.83. The van der Waals surface area contributed by atoms with Crippen LogP contribution in [-0.2, 0) is 5.38 Å². The summed E-state index contributed by atoms with van der Waals surface area (Å²) >= 11 is 5.20. The highest BCUT2D eigenvalue weighted by Gasteiger charge is 2.34. The minimum atomic E-state index is -3.68. The number of nitrogens with zero attached hydrogens (tertiary/aromatic N) is 3. The highest BCUT2D eigenvalue weighted by Crippen LogP contribution is 2.34. The highest BCUT2D eigenvalue weighted by atomic mass is 35.5. The molecule has 1 aliphatic rings. The standard InChI is InChI=1S/C15H11ClF2N4O2/c16-15(17,18)12-6-9(11-2-1-5-24-11)20-13-7-10(21-22(12)13)14(23)19-8-3-4-8/h1-2,5-8H,3-4H2,(H,19,23). The molecule has 0 radical (unpaired) electrons. The molecule has 0 unspecified atom stereocenters. The number of carbonyl (C=O) groups excluding carboxylic acids is 1. The molecule has 24 heavy (non-hydrogen) atoms. The van der Waals surface area contributed by atoms with E-state index in [9.17, 15) is 13.6 Å². The third-order valence-electron chi connectivity index (χ3n) is 3.64. The number of hydrogen-bond acceptors (Lipinski definition) is 4. The van der Waals surface area contributed by atoms with Gasteiger partial charge in [0.1, 0.15) is 11.4 Å². The Balaban J connectivity index is 1.85. The summed E-state index contributed by atoms with van der Waals surface area (Å²) < 4.78 is 33.6. The van der Waals surface area contributed by atoms with E-state index in [4.69, 9.17) is 16.0 Å². The highest BCUT2D eigenvalue weighted by molar-refractivity contribution is 6.21. The number of amides is 1. The first-order chi connectivity index (χ1) is 11.4. The molecular formula is C15H11ClF2N4O2. The molecular weight excluding hydrogens is 342 g/mol. The predicted molar refractivity (Wildman–Crippen MR) is 80.9 cm³/mol. The smallest absolute Gasteiger partial charge is 0.364 e. The van der Waals surface area contributed by atoms with Crippen molar-refractivity contribution in [2.75, 3.05) is 0 Å². The first-order valence-electron chi connectivity index (χ1n) is 7.24. The van der Waals surface area contributed by atoms with Gasteiger partial charge < -0.3 is 9.73 Å². The van der Waals surface area contributed by atoms with E-state index in [0.29, 0.717) is 5.76 Å². The number of halogens is 3. The maximum atomic E-state index is 13.8. The van der Waals surface area contributed by atoms with Crippen LogP contribution in [0, 0.1) is 0 Å². The van der Waals surface area contributed by atoms with Gasteiger partial charge in [-0.3, -0.25) is 4.79 Å². The van der Waals surface area contributed by atoms with Crippen molar-refractivity contribution in [1.29, 1.82) is 0 Å². The summed E-state index contributed by atoms with van der Waals surface area (Å²) in [6, 6.07) is 5.77. The van der Waals surface area contributed by atoms with Crippen molar-refractivity contribution >= 4 is 23.2 Å². The number of aromatic nitrogens is 3. The van der Waals surface area contributed by atoms with Crippen LogP contribution in [0.1, 0.15) is 29.0 Å². The minimum Gasteiger partial charge on any atom is -0.463 e. The molecule has 3 aromatic heterocycles. The molecule has 0 aromatic carbocycles. The SMILES string of the molecule is O=C(NC1CC1)c1cc2nc(-c3ccco3)cc(C(F)(F)Cl)n2n1. The van der Waals surface area contributed by atoms with Crippen LogP contribution in [-0.4, -0.2) is 26.5 Å². The molecule has 1 aliphatic carbocycles. The first kappa shape index (κ1) is 15.1. The van der Waals surface area contributed by atoms with E-state index in [1.165, 1.54) is 12.3 Å². The fourth-order valence-electron chi connectivity index (χ4n) is 2.32. The van der Waals surface area contributed by atoms with Gasteiger partial charge in [-0.25, -0.2) is 9.50 Å². The van der Waals surface area contributed by atoms with Gasteiger partial charge in [0.2, 0.25) is 0 Å². The van der Waals surface area contributed by atoms with Crippen molar-refractivity contribution in [3.05, 3.63) is 41.9 Å². The summed E-state index contributed by atoms with van der Waals surface area (Å²) in [4.78, 5) is 16.3. The summed E-state index contributed by atoms with van der Waals surface area (Å²) in [6.45, 7) is 0. The molecule has 1 N–H and O–H groups in total. The van der Waals surface area contributed by atoms with E-state index in [1.807, 2.05) is 0 Å². The second-order valence-electron chi connectivity index (χ2n) is 5.55. The van der Waals surface area contributed by atoms with Gasteiger partial charge in [0.15, 0.2) is 17.1 Å². The Morgan fingerprint density at radius 1 is 1.42 bits per heavy atom. The van der Waals surface area contributed by atoms with Gasteiger partial charge in [-0.15, -0.1) is 0 Å². The van der Waals surface area contributed by atoms with E-state index in [0.717, 1.165) is 23.4 Å². The lowest BCUT2D eigenvalue weighted by molar-refractivity contribution is 0.0866. The predicted octanol–water partition coefficient (Wildman–Crippen LogP) is 3.17. The summed E-state index contributed by atoms with van der Waals surface area (Å²) in [7, 11) is 0. The summed E-state index contributed by atoms with van der Waals surface area (Å²) in [5.74, 6) is -0.115. The van der Waals surface area contributed by atoms with Crippen molar-refractivity contribution in [1.82, 2.24) is 19.9 Å². The molecule has 3 aromatic rings. The molecule has 9 heteroatoms. The van der Waals surface area contributed by atoms with Crippen LogP contribution in [0.5, 0.6) is 0 Å². The number of hydrogen-bond donors (Lipinski definition) is 1. The Morgan fingerprint density at radius 3 is 2.83 bits per heavy atom. The zero-order valence-corrected chi connectivity index (χ0v) is 12.9. The van der Waals surface area contributed by atoms with E-state index in [-0.39, 0.29) is 23.1 Å². The van der Waals surface area contributed by atoms with E-state index in [1.54, 1.807) is 12.1 Å². The Bertz CT molecular complexity index is 914. The molecule has 0 aliphatic heterocycles. The zero-order valence-electron chi connectivity index (χ0n) is 12.2. The van der Waals surface area contributed by atoms with Crippen molar-refractivity contribution in [3.63, 3.8) is 0 Å². The van der Waals surface area contributed by atoms with Gasteiger partial charge in [0.25, 0.3) is 5.91 Å². The average molecular weight is 353 g/mol. The van der Waals surface area contributed by atoms with Crippen LogP contribution in [0.25, 0.3) is 17.1 Å². The van der Waals surface area contributed by atoms with Gasteiger partial charge in [0.05, 0.1) is 6.26 Å². The Morgan fingerprint density at radius 2 is 2.21 bits per heavy atom. The van der Waals surface area contributed by atoms with Crippen LogP contribution in [0.15, 0.2) is 34.9 Å². The quantitative estimate of drug-likeness (QED) is 0.732. The second-order valence-corrected chi connectivity index (χ2v) is 6.02. The number of carbonyl (C=O) groups is 1. The lowest BCUT2D eigenvalue weighted by Crippen LogP contribution is -2.25. The fraction of sp³-hybridized carbons (Fsp3) is 0.267. The number of alkyl halides is 3. The molecule has 0 spiro atoms. The Kier molecular flexibility index (Phi) is 3.31. The lowest BCUT2D eigenvalue weighted by atomic mass is 10.2. The molecule has 4 rings (SSSR count). The van der Waals surface area contributed by atoms with Gasteiger partial charge in [-0.2, -0.15) is 13.9 Å². The lowest BCUT2D eigenvalue weighted by Gasteiger charge is -2.11. The number of furan rings is 1. The maximum Gasteiger partial charge on any atom is 0.364 e. The average Bonchev–Trinajstić information content (AvgIpc) is 3.04. The van der Waals surface area contributed by atoms with Gasteiger partial charge in [0, 0.05) is 12.1 Å². The van der Waals surface area contributed by atoms with Crippen LogP contribution in [0.2, 0.25) is 0 Å². The molecule has 0 saturated heterocycles. The van der Waals surface area contributed by atoms with Gasteiger partial charge in [-0.05, 0) is 42.6 Å². The van der Waals surface area contributed by atoms with Crippen LogP contribution in [0.4, 0.5) is 8.78 Å². The van der Waals surface area contributed by atoms with Crippen molar-refractivity contribution in [2.24, 2.45) is 0 Å². The number of fused-ring (bicyclic) bond motifs is 1. The van der Waals surface area contributed by atoms with E-state index >= 15 is 0 Å². The first-order valence-corrected chi connectivity index (χ1v) is 7.62. The van der Waals surface area contributed by atoms with Gasteiger partial charge >= 0.3 is 5.38 Å². The topological polar surface area (TPSA) is 72.4 Å². The van der Waals surface area contributed by atoms with Crippen molar-refractivity contribution in [3.8, 4) is 11.5 Å². The molecule has 0 atom stereocenters. The fourth-order valence-corrected chi connectivity index (χ4v) is 2.46. The molecule has 6 nitrogen and oxygen atoms in total. The minimum absolute atomic E-state index is 0.00756. The Hall–Kier alpha value is -2.48. The van der Waals surface area contributed by atoms with Crippen molar-refractivity contribution < 1.29 is 18.0 Å². The van der Waals surface area contributed by atoms with E-state index < -0.39 is 17.0 Å². The summed E-state index contributed by atoms with van der Waals surface area (Å²) in [5, 5.41) is 3.00. The molecule has 124 valence electrons. The van der Waals surface area contributed by atoms with E-state index in [2.05, 4.69) is 15.4 Å². The second kappa shape index (κ2) is 5.27. The number of nitrogens with one attached hydrogen (secondary N) is 1. The molecule has 3 heterocycles. The Labute approximate surface area is 139 Å². The van der Waals surface area contributed by atoms with Crippen LogP contribution in [0.3, 0.4) is 0 Å². The van der Waals surface area contributed by atoms with Crippen LogP contribution >= 0.6 is 11.6 Å². The zero-order chi connectivity index (χ0) is 16.9. The molecule has 0 bridgehead atoms. The maximum absolute atomic E-state index is 13.8. The monoisotopic (exact) mass is 352 g/mol. The number of rotatable bonds is 4. The molecule has 1 amide bonds. The normalized spacial score (nSPS) is 15.0. The third kappa shape index (κ3) is 2.73.